The standard InChI is InChI=1S/C20H25NO3/c1-21(2)17(15-8-6-5-7-9-15)11-12-18(22)16-10-13-19(23-3)20(14-16)24-4/h5-10,13-14,17H,11-12H2,1-4H3. The van der Waals surface area contributed by atoms with Crippen LogP contribution in [0.15, 0.2) is 48.5 Å². The first-order chi connectivity index (χ1) is 11.6. The van der Waals surface area contributed by atoms with Gasteiger partial charge in [0.15, 0.2) is 17.3 Å². The molecule has 0 bridgehead atoms. The monoisotopic (exact) mass is 327 g/mol. The van der Waals surface area contributed by atoms with E-state index in [0.29, 0.717) is 23.5 Å². The third kappa shape index (κ3) is 4.36. The van der Waals surface area contributed by atoms with E-state index in [1.54, 1.807) is 32.4 Å². The predicted octanol–water partition coefficient (Wildman–Crippen LogP) is 3.97. The Hall–Kier alpha value is -2.33. The molecule has 24 heavy (non-hydrogen) atoms. The maximum absolute atomic E-state index is 12.6. The predicted molar refractivity (Wildman–Crippen MR) is 96.0 cm³/mol. The second-order valence-corrected chi connectivity index (χ2v) is 5.92. The summed E-state index contributed by atoms with van der Waals surface area (Å²) in [7, 11) is 7.24. The van der Waals surface area contributed by atoms with Crippen molar-refractivity contribution in [1.82, 2.24) is 4.90 Å². The molecule has 2 rings (SSSR count). The Kier molecular flexibility index (Phi) is 6.38. The van der Waals surface area contributed by atoms with Gasteiger partial charge in [-0.2, -0.15) is 0 Å². The SMILES string of the molecule is COc1ccc(C(=O)CCC(c2ccccc2)N(C)C)cc1OC. The third-order valence-corrected chi connectivity index (χ3v) is 4.16. The van der Waals surface area contributed by atoms with Crippen LogP contribution < -0.4 is 9.47 Å². The van der Waals surface area contributed by atoms with E-state index in [2.05, 4.69) is 17.0 Å². The molecule has 0 heterocycles. The van der Waals surface area contributed by atoms with Gasteiger partial charge in [-0.15, -0.1) is 0 Å². The highest BCUT2D eigenvalue weighted by Gasteiger charge is 2.17. The van der Waals surface area contributed by atoms with Crippen LogP contribution in [-0.4, -0.2) is 39.0 Å². The smallest absolute Gasteiger partial charge is 0.163 e. The minimum Gasteiger partial charge on any atom is -0.493 e. The fraction of sp³-hybridized carbons (Fsp3) is 0.350. The first-order valence-corrected chi connectivity index (χ1v) is 8.03. The molecule has 1 atom stereocenters. The van der Waals surface area contributed by atoms with E-state index in [4.69, 9.17) is 9.47 Å². The number of carbonyl (C=O) groups excluding carboxylic acids is 1. The van der Waals surface area contributed by atoms with E-state index in [-0.39, 0.29) is 11.8 Å². The Balaban J connectivity index is 2.09. The lowest BCUT2D eigenvalue weighted by Crippen LogP contribution is -2.21. The van der Waals surface area contributed by atoms with E-state index < -0.39 is 0 Å². The van der Waals surface area contributed by atoms with Crippen molar-refractivity contribution in [2.45, 2.75) is 18.9 Å². The molecule has 2 aromatic carbocycles. The largest absolute Gasteiger partial charge is 0.493 e. The van der Waals surface area contributed by atoms with Gasteiger partial charge in [-0.25, -0.2) is 0 Å². The van der Waals surface area contributed by atoms with Crippen LogP contribution in [0.1, 0.15) is 34.8 Å². The molecule has 0 amide bonds. The highest BCUT2D eigenvalue weighted by molar-refractivity contribution is 5.96. The summed E-state index contributed by atoms with van der Waals surface area (Å²) in [4.78, 5) is 14.7. The second-order valence-electron chi connectivity index (χ2n) is 5.92. The zero-order valence-corrected chi connectivity index (χ0v) is 14.8. The number of ether oxygens (including phenoxy) is 2. The van der Waals surface area contributed by atoms with Crippen LogP contribution in [0.25, 0.3) is 0 Å². The second kappa shape index (κ2) is 8.50. The molecule has 0 aliphatic rings. The van der Waals surface area contributed by atoms with Gasteiger partial charge in [0.25, 0.3) is 0 Å². The fourth-order valence-electron chi connectivity index (χ4n) is 2.82. The first-order valence-electron chi connectivity index (χ1n) is 8.03. The van der Waals surface area contributed by atoms with Crippen LogP contribution in [0.3, 0.4) is 0 Å². The van der Waals surface area contributed by atoms with Gasteiger partial charge in [0.05, 0.1) is 14.2 Å². The molecule has 0 N–H and O–H groups in total. The summed E-state index contributed by atoms with van der Waals surface area (Å²) in [6, 6.07) is 15.8. The van der Waals surface area contributed by atoms with Crippen molar-refractivity contribution in [3.63, 3.8) is 0 Å². The molecule has 1 unspecified atom stereocenters. The molecule has 4 heteroatoms. The zero-order chi connectivity index (χ0) is 17.5. The van der Waals surface area contributed by atoms with Crippen LogP contribution in [0.5, 0.6) is 11.5 Å². The normalized spacial score (nSPS) is 12.0. The maximum atomic E-state index is 12.6. The number of nitrogens with zero attached hydrogens (tertiary/aromatic N) is 1. The molecular formula is C20H25NO3. The van der Waals surface area contributed by atoms with Crippen molar-refractivity contribution in [3.05, 3.63) is 59.7 Å². The molecule has 0 aromatic heterocycles. The molecule has 0 spiro atoms. The molecule has 0 aliphatic heterocycles. The van der Waals surface area contributed by atoms with E-state index >= 15 is 0 Å². The molecule has 0 fully saturated rings. The number of rotatable bonds is 8. The Morgan fingerprint density at radius 1 is 1.00 bits per heavy atom. The molecule has 0 radical (unpaired) electrons. The Morgan fingerprint density at radius 3 is 2.25 bits per heavy atom. The van der Waals surface area contributed by atoms with Gasteiger partial charge in [-0.1, -0.05) is 30.3 Å². The van der Waals surface area contributed by atoms with E-state index in [0.717, 1.165) is 6.42 Å². The van der Waals surface area contributed by atoms with Gasteiger partial charge in [0, 0.05) is 18.0 Å². The van der Waals surface area contributed by atoms with Gasteiger partial charge in [-0.05, 0) is 44.3 Å². The molecule has 0 saturated carbocycles. The number of Topliss-reactive ketones (excluding diaryl/α,β-unsaturated/α-hetero) is 1. The minimum absolute atomic E-state index is 0.110. The average molecular weight is 327 g/mol. The summed E-state index contributed by atoms with van der Waals surface area (Å²) in [5.41, 5.74) is 1.88. The Bertz CT molecular complexity index is 668. The molecular weight excluding hydrogens is 302 g/mol. The van der Waals surface area contributed by atoms with E-state index in [1.807, 2.05) is 32.3 Å². The lowest BCUT2D eigenvalue weighted by molar-refractivity contribution is 0.0968. The van der Waals surface area contributed by atoms with Gasteiger partial charge in [-0.3, -0.25) is 4.79 Å². The van der Waals surface area contributed by atoms with Gasteiger partial charge in [0.2, 0.25) is 0 Å². The van der Waals surface area contributed by atoms with Crippen molar-refractivity contribution >= 4 is 5.78 Å². The van der Waals surface area contributed by atoms with E-state index in [9.17, 15) is 4.79 Å². The highest BCUT2D eigenvalue weighted by Crippen LogP contribution is 2.29. The van der Waals surface area contributed by atoms with Gasteiger partial charge < -0.3 is 14.4 Å². The van der Waals surface area contributed by atoms with Crippen molar-refractivity contribution in [2.75, 3.05) is 28.3 Å². The van der Waals surface area contributed by atoms with Crippen LogP contribution >= 0.6 is 0 Å². The van der Waals surface area contributed by atoms with Gasteiger partial charge >= 0.3 is 0 Å². The number of hydrogen-bond acceptors (Lipinski definition) is 4. The minimum atomic E-state index is 0.110. The number of carbonyl (C=O) groups is 1. The third-order valence-electron chi connectivity index (χ3n) is 4.16. The van der Waals surface area contributed by atoms with Crippen molar-refractivity contribution < 1.29 is 14.3 Å². The van der Waals surface area contributed by atoms with Crippen molar-refractivity contribution in [2.24, 2.45) is 0 Å². The summed E-state index contributed by atoms with van der Waals surface area (Å²) in [5.74, 6) is 1.32. The summed E-state index contributed by atoms with van der Waals surface area (Å²) in [5, 5.41) is 0. The molecule has 4 nitrogen and oxygen atoms in total. The van der Waals surface area contributed by atoms with Crippen LogP contribution in [-0.2, 0) is 0 Å². The zero-order valence-electron chi connectivity index (χ0n) is 14.8. The quantitative estimate of drug-likeness (QED) is 0.688. The molecule has 0 saturated heterocycles. The highest BCUT2D eigenvalue weighted by atomic mass is 16.5. The molecule has 128 valence electrons. The number of ketones is 1. The average Bonchev–Trinajstić information content (AvgIpc) is 2.61. The number of methoxy groups -OCH3 is 2. The van der Waals surface area contributed by atoms with Crippen LogP contribution in [0.4, 0.5) is 0 Å². The summed E-state index contributed by atoms with van der Waals surface area (Å²) in [6.45, 7) is 0. The van der Waals surface area contributed by atoms with Gasteiger partial charge in [0.1, 0.15) is 0 Å². The fourth-order valence-corrected chi connectivity index (χ4v) is 2.82. The number of benzene rings is 2. The van der Waals surface area contributed by atoms with Crippen molar-refractivity contribution in [1.29, 1.82) is 0 Å². The summed E-state index contributed by atoms with van der Waals surface area (Å²) < 4.78 is 10.5. The lowest BCUT2D eigenvalue weighted by Gasteiger charge is -2.24. The maximum Gasteiger partial charge on any atom is 0.163 e. The summed E-state index contributed by atoms with van der Waals surface area (Å²) in [6.07, 6.45) is 1.25. The Labute approximate surface area is 144 Å². The molecule has 2 aromatic rings. The van der Waals surface area contributed by atoms with E-state index in [1.165, 1.54) is 5.56 Å². The first kappa shape index (κ1) is 18.0. The number of hydrogen-bond donors (Lipinski definition) is 0. The Morgan fingerprint density at radius 2 is 1.67 bits per heavy atom. The summed E-state index contributed by atoms with van der Waals surface area (Å²) >= 11 is 0. The van der Waals surface area contributed by atoms with Crippen LogP contribution in [0, 0.1) is 0 Å². The molecule has 0 aliphatic carbocycles. The van der Waals surface area contributed by atoms with Crippen LogP contribution in [0.2, 0.25) is 0 Å². The van der Waals surface area contributed by atoms with Crippen molar-refractivity contribution in [3.8, 4) is 11.5 Å². The topological polar surface area (TPSA) is 38.8 Å². The lowest BCUT2D eigenvalue weighted by atomic mass is 9.97.